The highest BCUT2D eigenvalue weighted by molar-refractivity contribution is 5.57. The maximum Gasteiger partial charge on any atom is 0.418 e. The first kappa shape index (κ1) is 15.8. The molecule has 0 amide bonds. The van der Waals surface area contributed by atoms with Gasteiger partial charge in [-0.3, -0.25) is 4.98 Å². The van der Waals surface area contributed by atoms with E-state index in [-0.39, 0.29) is 17.8 Å². The molecule has 0 bridgehead atoms. The summed E-state index contributed by atoms with van der Waals surface area (Å²) in [6.45, 7) is -0.123. The summed E-state index contributed by atoms with van der Waals surface area (Å²) in [6, 6.07) is 8.00. The number of pyridine rings is 1. The minimum atomic E-state index is -4.54. The summed E-state index contributed by atoms with van der Waals surface area (Å²) < 4.78 is 38.8. The van der Waals surface area contributed by atoms with Gasteiger partial charge in [-0.1, -0.05) is 0 Å². The van der Waals surface area contributed by atoms with E-state index < -0.39 is 17.8 Å². The Labute approximate surface area is 124 Å². The van der Waals surface area contributed by atoms with Gasteiger partial charge in [0, 0.05) is 24.6 Å². The molecule has 0 saturated heterocycles. The quantitative estimate of drug-likeness (QED) is 0.910. The fraction of sp³-hybridized carbons (Fsp3) is 0.200. The number of aliphatic hydroxyl groups is 1. The molecule has 2 aromatic rings. The van der Waals surface area contributed by atoms with Crippen LogP contribution in [-0.4, -0.2) is 16.6 Å². The van der Waals surface area contributed by atoms with E-state index in [0.717, 1.165) is 18.2 Å². The van der Waals surface area contributed by atoms with Crippen molar-refractivity contribution < 1.29 is 18.3 Å². The van der Waals surface area contributed by atoms with Crippen LogP contribution >= 0.6 is 0 Å². The Hall–Kier alpha value is -2.59. The van der Waals surface area contributed by atoms with Gasteiger partial charge in [0.25, 0.3) is 0 Å². The van der Waals surface area contributed by atoms with Crippen LogP contribution in [0.15, 0.2) is 42.7 Å². The van der Waals surface area contributed by atoms with Gasteiger partial charge in [0.2, 0.25) is 0 Å². The van der Waals surface area contributed by atoms with E-state index in [0.29, 0.717) is 5.56 Å². The number of rotatable bonds is 4. The molecule has 1 atom stereocenters. The number of anilines is 1. The molecule has 2 rings (SSSR count). The Morgan fingerprint density at radius 2 is 1.91 bits per heavy atom. The molecule has 0 aliphatic carbocycles. The van der Waals surface area contributed by atoms with Crippen LogP contribution in [0.4, 0.5) is 18.9 Å². The second kappa shape index (κ2) is 6.45. The third-order valence-electron chi connectivity index (χ3n) is 3.03. The SMILES string of the molecule is N#Cc1ccc(C(F)(F)F)c(NCC(O)c2ccncc2)c1. The molecule has 2 N–H and O–H groups in total. The first-order chi connectivity index (χ1) is 10.4. The highest BCUT2D eigenvalue weighted by atomic mass is 19.4. The largest absolute Gasteiger partial charge is 0.418 e. The molecule has 22 heavy (non-hydrogen) atoms. The standard InChI is InChI=1S/C15H12F3N3O/c16-15(17,18)12-2-1-10(8-19)7-13(12)21-9-14(22)11-3-5-20-6-4-11/h1-7,14,21-22H,9H2. The fourth-order valence-corrected chi connectivity index (χ4v) is 1.92. The first-order valence-electron chi connectivity index (χ1n) is 6.35. The van der Waals surface area contributed by atoms with Crippen molar-refractivity contribution in [1.29, 1.82) is 5.26 Å². The van der Waals surface area contributed by atoms with E-state index in [9.17, 15) is 18.3 Å². The van der Waals surface area contributed by atoms with E-state index >= 15 is 0 Å². The van der Waals surface area contributed by atoms with Crippen LogP contribution in [0.3, 0.4) is 0 Å². The first-order valence-corrected chi connectivity index (χ1v) is 6.35. The highest BCUT2D eigenvalue weighted by Crippen LogP contribution is 2.35. The van der Waals surface area contributed by atoms with Gasteiger partial charge in [0.15, 0.2) is 0 Å². The number of alkyl halides is 3. The monoisotopic (exact) mass is 307 g/mol. The number of benzene rings is 1. The van der Waals surface area contributed by atoms with E-state index in [4.69, 9.17) is 5.26 Å². The molecule has 0 spiro atoms. The Morgan fingerprint density at radius 3 is 2.50 bits per heavy atom. The summed E-state index contributed by atoms with van der Waals surface area (Å²) in [5.74, 6) is 0. The smallest absolute Gasteiger partial charge is 0.387 e. The molecular formula is C15H12F3N3O. The number of nitrogens with zero attached hydrogens (tertiary/aromatic N) is 2. The van der Waals surface area contributed by atoms with E-state index in [1.165, 1.54) is 12.4 Å². The second-order valence-electron chi connectivity index (χ2n) is 4.55. The zero-order valence-electron chi connectivity index (χ0n) is 11.3. The molecule has 1 unspecified atom stereocenters. The average Bonchev–Trinajstić information content (AvgIpc) is 2.52. The number of hydrogen-bond donors (Lipinski definition) is 2. The molecule has 0 fully saturated rings. The zero-order chi connectivity index (χ0) is 16.2. The predicted octanol–water partition coefficient (Wildman–Crippen LogP) is 3.12. The molecule has 1 heterocycles. The average molecular weight is 307 g/mol. The summed E-state index contributed by atoms with van der Waals surface area (Å²) in [4.78, 5) is 3.80. The molecule has 7 heteroatoms. The molecule has 0 radical (unpaired) electrons. The Balaban J connectivity index is 2.20. The van der Waals surface area contributed by atoms with Crippen LogP contribution in [0.2, 0.25) is 0 Å². The predicted molar refractivity (Wildman–Crippen MR) is 73.8 cm³/mol. The van der Waals surface area contributed by atoms with Gasteiger partial charge >= 0.3 is 6.18 Å². The fourth-order valence-electron chi connectivity index (χ4n) is 1.92. The van der Waals surface area contributed by atoms with Crippen molar-refractivity contribution in [3.63, 3.8) is 0 Å². The topological polar surface area (TPSA) is 68.9 Å². The van der Waals surface area contributed by atoms with Gasteiger partial charge in [-0.2, -0.15) is 18.4 Å². The van der Waals surface area contributed by atoms with Crippen molar-refractivity contribution in [3.05, 3.63) is 59.4 Å². The third-order valence-corrected chi connectivity index (χ3v) is 3.03. The lowest BCUT2D eigenvalue weighted by Crippen LogP contribution is -2.16. The lowest BCUT2D eigenvalue weighted by atomic mass is 10.1. The van der Waals surface area contributed by atoms with Crippen LogP contribution in [0.5, 0.6) is 0 Å². The van der Waals surface area contributed by atoms with Crippen LogP contribution in [0.1, 0.15) is 22.8 Å². The van der Waals surface area contributed by atoms with Crippen LogP contribution in [-0.2, 0) is 6.18 Å². The van der Waals surface area contributed by atoms with Gasteiger partial charge in [-0.25, -0.2) is 0 Å². The lowest BCUT2D eigenvalue weighted by Gasteiger charge is -2.17. The maximum absolute atomic E-state index is 12.9. The van der Waals surface area contributed by atoms with Crippen LogP contribution in [0.25, 0.3) is 0 Å². The van der Waals surface area contributed by atoms with Crippen LogP contribution in [0, 0.1) is 11.3 Å². The second-order valence-corrected chi connectivity index (χ2v) is 4.55. The normalized spacial score (nSPS) is 12.5. The maximum atomic E-state index is 12.9. The number of nitriles is 1. The van der Waals surface area contributed by atoms with Crippen molar-refractivity contribution >= 4 is 5.69 Å². The van der Waals surface area contributed by atoms with Gasteiger partial charge in [0.1, 0.15) is 0 Å². The Kier molecular flexibility index (Phi) is 4.63. The molecule has 1 aromatic heterocycles. The number of hydrogen-bond acceptors (Lipinski definition) is 4. The Bertz CT molecular complexity index is 681. The molecule has 0 saturated carbocycles. The molecule has 114 valence electrons. The van der Waals surface area contributed by atoms with Crippen molar-refractivity contribution in [1.82, 2.24) is 4.98 Å². The van der Waals surface area contributed by atoms with Crippen molar-refractivity contribution in [2.45, 2.75) is 12.3 Å². The summed E-state index contributed by atoms with van der Waals surface area (Å²) in [6.07, 6.45) is -2.57. The van der Waals surface area contributed by atoms with Gasteiger partial charge in [0.05, 0.1) is 23.3 Å². The molecule has 0 aliphatic heterocycles. The van der Waals surface area contributed by atoms with Crippen molar-refractivity contribution in [2.24, 2.45) is 0 Å². The third kappa shape index (κ3) is 3.74. The molecule has 1 aromatic carbocycles. The number of nitrogens with one attached hydrogen (secondary N) is 1. The summed E-state index contributed by atoms with van der Waals surface area (Å²) in [5.41, 5.74) is -0.477. The molecule has 4 nitrogen and oxygen atoms in total. The minimum Gasteiger partial charge on any atom is -0.387 e. The minimum absolute atomic E-state index is 0.105. The molecular weight excluding hydrogens is 295 g/mol. The molecule has 0 aliphatic rings. The number of halogens is 3. The van der Waals surface area contributed by atoms with E-state index in [2.05, 4.69) is 10.3 Å². The zero-order valence-corrected chi connectivity index (χ0v) is 11.3. The van der Waals surface area contributed by atoms with E-state index in [1.54, 1.807) is 18.2 Å². The lowest BCUT2D eigenvalue weighted by molar-refractivity contribution is -0.137. The van der Waals surface area contributed by atoms with Gasteiger partial charge in [-0.05, 0) is 35.9 Å². The summed E-state index contributed by atoms with van der Waals surface area (Å²) >= 11 is 0. The van der Waals surface area contributed by atoms with Gasteiger partial charge < -0.3 is 10.4 Å². The van der Waals surface area contributed by atoms with Crippen LogP contribution < -0.4 is 5.32 Å². The summed E-state index contributed by atoms with van der Waals surface area (Å²) in [7, 11) is 0. The van der Waals surface area contributed by atoms with Gasteiger partial charge in [-0.15, -0.1) is 0 Å². The van der Waals surface area contributed by atoms with Crippen molar-refractivity contribution in [3.8, 4) is 6.07 Å². The highest BCUT2D eigenvalue weighted by Gasteiger charge is 2.33. The summed E-state index contributed by atoms with van der Waals surface area (Å²) in [5, 5.41) is 21.3. The Morgan fingerprint density at radius 1 is 1.23 bits per heavy atom. The number of aromatic nitrogens is 1. The number of aliphatic hydroxyl groups excluding tert-OH is 1. The van der Waals surface area contributed by atoms with Crippen molar-refractivity contribution in [2.75, 3.05) is 11.9 Å². The van der Waals surface area contributed by atoms with E-state index in [1.807, 2.05) is 0 Å².